The monoisotopic (exact) mass is 545 g/mol. The molecule has 0 saturated carbocycles. The molecule has 2 heterocycles. The number of thiophene rings is 1. The predicted molar refractivity (Wildman–Crippen MR) is 149 cm³/mol. The summed E-state index contributed by atoms with van der Waals surface area (Å²) >= 11 is 1.65. The van der Waals surface area contributed by atoms with E-state index in [2.05, 4.69) is 18.0 Å². The SMILES string of the molecule is C=C1NC2=C(C(=O)CC(c3cccs3)C2)C(c2cccc(OC)c2OC)C1C(=O)OCCOc1ccccc1. The van der Waals surface area contributed by atoms with Crippen LogP contribution in [0.2, 0.25) is 0 Å². The highest BCUT2D eigenvalue weighted by atomic mass is 32.1. The zero-order chi connectivity index (χ0) is 27.4. The van der Waals surface area contributed by atoms with E-state index >= 15 is 0 Å². The Hall–Kier alpha value is -4.04. The number of carbonyl (C=O) groups excluding carboxylic acids is 2. The van der Waals surface area contributed by atoms with Crippen molar-refractivity contribution in [3.8, 4) is 17.2 Å². The van der Waals surface area contributed by atoms with E-state index in [-0.39, 0.29) is 24.9 Å². The Morgan fingerprint density at radius 3 is 2.54 bits per heavy atom. The van der Waals surface area contributed by atoms with Crippen molar-refractivity contribution < 1.29 is 28.5 Å². The number of esters is 1. The minimum Gasteiger partial charge on any atom is -0.493 e. The first kappa shape index (κ1) is 26.6. The number of hydrogen-bond donors (Lipinski definition) is 1. The van der Waals surface area contributed by atoms with Gasteiger partial charge in [0.2, 0.25) is 0 Å². The Balaban J connectivity index is 1.47. The maximum absolute atomic E-state index is 13.8. The number of rotatable bonds is 9. The van der Waals surface area contributed by atoms with Gasteiger partial charge in [-0.25, -0.2) is 0 Å². The van der Waals surface area contributed by atoms with Gasteiger partial charge >= 0.3 is 5.97 Å². The van der Waals surface area contributed by atoms with Crippen LogP contribution in [0.5, 0.6) is 17.2 Å². The minimum absolute atomic E-state index is 0.00488. The van der Waals surface area contributed by atoms with Crippen molar-refractivity contribution in [1.82, 2.24) is 5.32 Å². The van der Waals surface area contributed by atoms with E-state index in [0.717, 1.165) is 10.6 Å². The molecule has 1 N–H and O–H groups in total. The average Bonchev–Trinajstić information content (AvgIpc) is 3.50. The third kappa shape index (κ3) is 5.43. The zero-order valence-corrected chi connectivity index (χ0v) is 22.8. The fraction of sp³-hybridized carbons (Fsp3) is 0.290. The van der Waals surface area contributed by atoms with E-state index in [1.807, 2.05) is 53.9 Å². The van der Waals surface area contributed by atoms with Gasteiger partial charge < -0.3 is 24.3 Å². The van der Waals surface area contributed by atoms with Crippen LogP contribution in [0, 0.1) is 5.92 Å². The molecule has 202 valence electrons. The maximum Gasteiger partial charge on any atom is 0.316 e. The van der Waals surface area contributed by atoms with Crippen molar-refractivity contribution in [2.24, 2.45) is 5.92 Å². The molecule has 3 aromatic rings. The van der Waals surface area contributed by atoms with Crippen molar-refractivity contribution in [1.29, 1.82) is 0 Å². The highest BCUT2D eigenvalue weighted by molar-refractivity contribution is 7.10. The summed E-state index contributed by atoms with van der Waals surface area (Å²) in [6, 6.07) is 18.9. The number of allylic oxidation sites excluding steroid dienone is 2. The van der Waals surface area contributed by atoms with Gasteiger partial charge in [0, 0.05) is 45.7 Å². The Bertz CT molecular complexity index is 1380. The molecule has 8 heteroatoms. The lowest BCUT2D eigenvalue weighted by molar-refractivity contribution is -0.148. The van der Waals surface area contributed by atoms with Crippen LogP contribution in [0.25, 0.3) is 0 Å². The molecule has 0 saturated heterocycles. The normalized spacial score (nSPS) is 20.6. The average molecular weight is 546 g/mol. The lowest BCUT2D eigenvalue weighted by Crippen LogP contribution is -2.42. The molecular weight excluding hydrogens is 514 g/mol. The number of nitrogens with one attached hydrogen (secondary N) is 1. The van der Waals surface area contributed by atoms with E-state index in [4.69, 9.17) is 18.9 Å². The number of hydrogen-bond acceptors (Lipinski definition) is 8. The van der Waals surface area contributed by atoms with Crippen molar-refractivity contribution in [2.45, 2.75) is 24.7 Å². The zero-order valence-electron chi connectivity index (χ0n) is 22.0. The van der Waals surface area contributed by atoms with E-state index < -0.39 is 17.8 Å². The van der Waals surface area contributed by atoms with Crippen LogP contribution in [0.1, 0.15) is 35.1 Å². The number of ether oxygens (including phenoxy) is 4. The Kier molecular flexibility index (Phi) is 8.02. The van der Waals surface area contributed by atoms with Gasteiger partial charge in [-0.15, -0.1) is 11.3 Å². The summed E-state index contributed by atoms with van der Waals surface area (Å²) in [5, 5.41) is 5.34. The molecule has 0 radical (unpaired) electrons. The van der Waals surface area contributed by atoms with Crippen molar-refractivity contribution in [2.75, 3.05) is 27.4 Å². The van der Waals surface area contributed by atoms with Gasteiger partial charge in [-0.1, -0.05) is 43.0 Å². The molecule has 3 unspecified atom stereocenters. The van der Waals surface area contributed by atoms with Gasteiger partial charge in [0.25, 0.3) is 0 Å². The number of carbonyl (C=O) groups is 2. The summed E-state index contributed by atoms with van der Waals surface area (Å²) in [4.78, 5) is 28.6. The van der Waals surface area contributed by atoms with Crippen LogP contribution in [0.3, 0.4) is 0 Å². The predicted octanol–water partition coefficient (Wildman–Crippen LogP) is 5.61. The molecule has 1 aliphatic heterocycles. The van der Waals surface area contributed by atoms with E-state index in [9.17, 15) is 9.59 Å². The van der Waals surface area contributed by atoms with Gasteiger partial charge in [0.05, 0.1) is 14.2 Å². The number of para-hydroxylation sites is 2. The second-order valence-corrected chi connectivity index (χ2v) is 10.4. The third-order valence-electron chi connectivity index (χ3n) is 7.15. The highest BCUT2D eigenvalue weighted by Crippen LogP contribution is 2.50. The van der Waals surface area contributed by atoms with Crippen molar-refractivity contribution in [3.05, 3.63) is 100 Å². The molecule has 1 aliphatic carbocycles. The fourth-order valence-electron chi connectivity index (χ4n) is 5.45. The van der Waals surface area contributed by atoms with Gasteiger partial charge in [-0.3, -0.25) is 9.59 Å². The lowest BCUT2D eigenvalue weighted by Gasteiger charge is -2.40. The molecule has 0 amide bonds. The maximum atomic E-state index is 13.8. The summed E-state index contributed by atoms with van der Waals surface area (Å²) in [6.07, 6.45) is 1.01. The van der Waals surface area contributed by atoms with Crippen LogP contribution in [-0.4, -0.2) is 39.2 Å². The van der Waals surface area contributed by atoms with Crippen molar-refractivity contribution in [3.63, 3.8) is 0 Å². The fourth-order valence-corrected chi connectivity index (χ4v) is 6.28. The van der Waals surface area contributed by atoms with Crippen LogP contribution in [0.4, 0.5) is 0 Å². The minimum atomic E-state index is -0.844. The first-order valence-corrected chi connectivity index (χ1v) is 13.7. The second-order valence-electron chi connectivity index (χ2n) is 9.45. The van der Waals surface area contributed by atoms with Gasteiger partial charge in [-0.05, 0) is 36.1 Å². The smallest absolute Gasteiger partial charge is 0.316 e. The Morgan fingerprint density at radius 1 is 1.00 bits per heavy atom. The van der Waals surface area contributed by atoms with E-state index in [1.165, 1.54) is 0 Å². The van der Waals surface area contributed by atoms with Crippen molar-refractivity contribution >= 4 is 23.1 Å². The van der Waals surface area contributed by atoms with Gasteiger partial charge in [0.1, 0.15) is 24.9 Å². The Morgan fingerprint density at radius 2 is 1.82 bits per heavy atom. The summed E-state index contributed by atoms with van der Waals surface area (Å²) in [5.41, 5.74) is 2.53. The molecular formula is C31H31NO6S. The lowest BCUT2D eigenvalue weighted by atomic mass is 9.69. The summed E-state index contributed by atoms with van der Waals surface area (Å²) in [6.45, 7) is 4.47. The number of ketones is 1. The molecule has 1 aromatic heterocycles. The molecule has 39 heavy (non-hydrogen) atoms. The van der Waals surface area contributed by atoms with Gasteiger partial charge in [-0.2, -0.15) is 0 Å². The largest absolute Gasteiger partial charge is 0.493 e. The first-order chi connectivity index (χ1) is 19.0. The molecule has 5 rings (SSSR count). The molecule has 2 aliphatic rings. The number of Topliss-reactive ketones (excluding diaryl/α,β-unsaturated/α-hetero) is 1. The molecule has 7 nitrogen and oxygen atoms in total. The molecule has 2 aromatic carbocycles. The molecule has 0 fully saturated rings. The third-order valence-corrected chi connectivity index (χ3v) is 8.18. The second kappa shape index (κ2) is 11.8. The van der Waals surface area contributed by atoms with Crippen LogP contribution in [-0.2, 0) is 14.3 Å². The number of benzene rings is 2. The summed E-state index contributed by atoms with van der Waals surface area (Å²) in [5.74, 6) is -0.216. The first-order valence-electron chi connectivity index (χ1n) is 12.8. The standard InChI is InChI=1S/C31H31NO6S/c1-19-27(31(34)38-15-14-37-21-9-5-4-6-10-21)28(22-11-7-12-25(35-2)30(22)36-3)29-23(32-19)17-20(18-24(29)33)26-13-8-16-39-26/h4-13,16,20,27-28,32H,1,14-15,17-18H2,2-3H3. The van der Waals surface area contributed by atoms with Crippen LogP contribution >= 0.6 is 11.3 Å². The molecule has 0 spiro atoms. The Labute approximate surface area is 232 Å². The van der Waals surface area contributed by atoms with Crippen LogP contribution < -0.4 is 19.5 Å². The number of methoxy groups -OCH3 is 2. The molecule has 3 atom stereocenters. The van der Waals surface area contributed by atoms with Gasteiger partial charge in [0.15, 0.2) is 17.3 Å². The summed E-state index contributed by atoms with van der Waals surface area (Å²) in [7, 11) is 3.11. The van der Waals surface area contributed by atoms with E-state index in [1.54, 1.807) is 31.6 Å². The molecule has 0 bridgehead atoms. The topological polar surface area (TPSA) is 83.1 Å². The quantitative estimate of drug-likeness (QED) is 0.277. The highest BCUT2D eigenvalue weighted by Gasteiger charge is 2.46. The van der Waals surface area contributed by atoms with Crippen LogP contribution in [0.15, 0.2) is 89.6 Å². The van der Waals surface area contributed by atoms with E-state index in [0.29, 0.717) is 46.9 Å². The summed E-state index contributed by atoms with van der Waals surface area (Å²) < 4.78 is 22.7.